The summed E-state index contributed by atoms with van der Waals surface area (Å²) in [7, 11) is 0. The monoisotopic (exact) mass is 384 g/mol. The number of carboxylic acid groups (broad SMARTS) is 2. The fourth-order valence-corrected chi connectivity index (χ4v) is 3.08. The summed E-state index contributed by atoms with van der Waals surface area (Å²) in [5.41, 5.74) is 1.54. The van der Waals surface area contributed by atoms with Gasteiger partial charge in [0.25, 0.3) is 0 Å². The number of aromatic carboxylic acids is 2. The average molecular weight is 384 g/mol. The van der Waals surface area contributed by atoms with E-state index in [1.54, 1.807) is 24.3 Å². The smallest absolute Gasteiger partial charge is 0.339 e. The van der Waals surface area contributed by atoms with Gasteiger partial charge in [0.2, 0.25) is 0 Å². The molecule has 0 saturated carbocycles. The minimum atomic E-state index is -1.06. The van der Waals surface area contributed by atoms with Gasteiger partial charge in [0.1, 0.15) is 11.3 Å². The second kappa shape index (κ2) is 11.1. The van der Waals surface area contributed by atoms with Gasteiger partial charge in [0.05, 0.1) is 12.2 Å². The second-order valence-corrected chi connectivity index (χ2v) is 6.87. The lowest BCUT2D eigenvalue weighted by molar-refractivity contribution is 0.0683. The predicted octanol–water partition coefficient (Wildman–Crippen LogP) is 5.88. The minimum Gasteiger partial charge on any atom is -0.493 e. The first kappa shape index (κ1) is 21.5. The van der Waals surface area contributed by atoms with Crippen LogP contribution >= 0.6 is 0 Å². The molecule has 0 spiro atoms. The zero-order valence-electron chi connectivity index (χ0n) is 16.3. The highest BCUT2D eigenvalue weighted by Gasteiger charge is 2.14. The molecule has 2 aromatic carbocycles. The molecule has 0 bridgehead atoms. The van der Waals surface area contributed by atoms with Crippen molar-refractivity contribution in [3.63, 3.8) is 0 Å². The van der Waals surface area contributed by atoms with Gasteiger partial charge in [-0.3, -0.25) is 0 Å². The number of benzene rings is 2. The summed E-state index contributed by atoms with van der Waals surface area (Å²) in [5.74, 6) is -1.74. The Morgan fingerprint density at radius 3 is 2.18 bits per heavy atom. The summed E-state index contributed by atoms with van der Waals surface area (Å²) < 4.78 is 5.70. The first-order chi connectivity index (χ1) is 13.5. The fraction of sp³-hybridized carbons (Fsp3) is 0.391. The number of carbonyl (C=O) groups is 2. The topological polar surface area (TPSA) is 83.8 Å². The van der Waals surface area contributed by atoms with Crippen molar-refractivity contribution in [1.82, 2.24) is 0 Å². The molecule has 150 valence electrons. The van der Waals surface area contributed by atoms with Crippen LogP contribution in [0.2, 0.25) is 0 Å². The molecule has 0 saturated heterocycles. The Bertz CT molecular complexity index is 797. The molecule has 0 unspecified atom stereocenters. The van der Waals surface area contributed by atoms with Crippen molar-refractivity contribution in [2.45, 2.75) is 51.9 Å². The minimum absolute atomic E-state index is 0.0844. The predicted molar refractivity (Wildman–Crippen MR) is 109 cm³/mol. The third-order valence-electron chi connectivity index (χ3n) is 4.66. The van der Waals surface area contributed by atoms with Crippen molar-refractivity contribution in [2.75, 3.05) is 6.61 Å². The molecule has 0 amide bonds. The summed E-state index contributed by atoms with van der Waals surface area (Å²) in [4.78, 5) is 22.8. The number of hydrogen-bond acceptors (Lipinski definition) is 3. The SMILES string of the molecule is CCCCCCCCCOc1ccc(-c2cccc(C(=O)O)c2)cc1C(=O)O. The molecular weight excluding hydrogens is 356 g/mol. The van der Waals surface area contributed by atoms with Crippen molar-refractivity contribution in [3.05, 3.63) is 53.6 Å². The van der Waals surface area contributed by atoms with Gasteiger partial charge in [-0.1, -0.05) is 63.6 Å². The number of carboxylic acids is 2. The van der Waals surface area contributed by atoms with Gasteiger partial charge < -0.3 is 14.9 Å². The summed E-state index contributed by atoms with van der Waals surface area (Å²) in [6.45, 7) is 2.68. The standard InChI is InChI=1S/C23H28O5/c1-2-3-4-5-6-7-8-14-28-21-13-12-18(16-20(21)23(26)27)17-10-9-11-19(15-17)22(24)25/h9-13,15-16H,2-8,14H2,1H3,(H,24,25)(H,26,27). The van der Waals surface area contributed by atoms with E-state index in [-0.39, 0.29) is 11.1 Å². The van der Waals surface area contributed by atoms with Gasteiger partial charge in [-0.2, -0.15) is 0 Å². The Balaban J connectivity index is 2.00. The van der Waals surface area contributed by atoms with Crippen LogP contribution in [-0.4, -0.2) is 28.8 Å². The molecule has 2 rings (SSSR count). The highest BCUT2D eigenvalue weighted by Crippen LogP contribution is 2.28. The summed E-state index contributed by atoms with van der Waals surface area (Å²) in [5, 5.41) is 18.7. The van der Waals surface area contributed by atoms with Crippen LogP contribution in [0.3, 0.4) is 0 Å². The molecule has 2 N–H and O–H groups in total. The highest BCUT2D eigenvalue weighted by molar-refractivity contribution is 5.93. The van der Waals surface area contributed by atoms with E-state index in [2.05, 4.69) is 6.92 Å². The Hall–Kier alpha value is -2.82. The Morgan fingerprint density at radius 1 is 0.821 bits per heavy atom. The maximum Gasteiger partial charge on any atom is 0.339 e. The lowest BCUT2D eigenvalue weighted by Crippen LogP contribution is -2.05. The molecule has 0 heterocycles. The molecule has 0 aromatic heterocycles. The van der Waals surface area contributed by atoms with E-state index >= 15 is 0 Å². The maximum atomic E-state index is 11.6. The normalized spacial score (nSPS) is 10.6. The van der Waals surface area contributed by atoms with Crippen LogP contribution in [0.25, 0.3) is 11.1 Å². The van der Waals surface area contributed by atoms with Crippen LogP contribution in [0.1, 0.15) is 72.6 Å². The lowest BCUT2D eigenvalue weighted by atomic mass is 10.0. The van der Waals surface area contributed by atoms with Crippen molar-refractivity contribution in [1.29, 1.82) is 0 Å². The summed E-state index contributed by atoms with van der Waals surface area (Å²) in [6.07, 6.45) is 8.16. The first-order valence-corrected chi connectivity index (χ1v) is 9.86. The Kier molecular flexibility index (Phi) is 8.53. The Labute approximate surface area is 166 Å². The number of rotatable bonds is 12. The van der Waals surface area contributed by atoms with E-state index in [1.807, 2.05) is 0 Å². The van der Waals surface area contributed by atoms with Crippen LogP contribution in [-0.2, 0) is 0 Å². The molecule has 0 aliphatic heterocycles. The van der Waals surface area contributed by atoms with Crippen molar-refractivity contribution in [2.24, 2.45) is 0 Å². The first-order valence-electron chi connectivity index (χ1n) is 9.86. The van der Waals surface area contributed by atoms with E-state index in [9.17, 15) is 14.7 Å². The molecule has 0 aliphatic rings. The van der Waals surface area contributed by atoms with E-state index < -0.39 is 11.9 Å². The molecule has 5 nitrogen and oxygen atoms in total. The second-order valence-electron chi connectivity index (χ2n) is 6.87. The summed E-state index contributed by atoms with van der Waals surface area (Å²) >= 11 is 0. The van der Waals surface area contributed by atoms with Gasteiger partial charge >= 0.3 is 11.9 Å². The molecule has 0 radical (unpaired) electrons. The van der Waals surface area contributed by atoms with Crippen LogP contribution in [0.5, 0.6) is 5.75 Å². The molecule has 28 heavy (non-hydrogen) atoms. The maximum absolute atomic E-state index is 11.6. The van der Waals surface area contributed by atoms with Gasteiger partial charge in [-0.05, 0) is 41.8 Å². The van der Waals surface area contributed by atoms with Gasteiger partial charge in [-0.15, -0.1) is 0 Å². The average Bonchev–Trinajstić information content (AvgIpc) is 2.70. The largest absolute Gasteiger partial charge is 0.493 e. The van der Waals surface area contributed by atoms with E-state index in [4.69, 9.17) is 9.84 Å². The Morgan fingerprint density at radius 2 is 1.50 bits per heavy atom. The number of hydrogen-bond donors (Lipinski definition) is 2. The number of unbranched alkanes of at least 4 members (excludes halogenated alkanes) is 6. The van der Waals surface area contributed by atoms with Gasteiger partial charge in [0.15, 0.2) is 0 Å². The summed E-state index contributed by atoms with van der Waals surface area (Å²) in [6, 6.07) is 11.4. The lowest BCUT2D eigenvalue weighted by Gasteiger charge is -2.11. The van der Waals surface area contributed by atoms with Crippen LogP contribution < -0.4 is 4.74 Å². The zero-order chi connectivity index (χ0) is 20.4. The molecule has 0 atom stereocenters. The molecule has 0 fully saturated rings. The van der Waals surface area contributed by atoms with Crippen LogP contribution in [0.15, 0.2) is 42.5 Å². The molecule has 0 aliphatic carbocycles. The molecule has 5 heteroatoms. The van der Waals surface area contributed by atoms with Crippen LogP contribution in [0, 0.1) is 0 Å². The third-order valence-corrected chi connectivity index (χ3v) is 4.66. The van der Waals surface area contributed by atoms with E-state index in [1.165, 1.54) is 50.3 Å². The van der Waals surface area contributed by atoms with Crippen molar-refractivity contribution < 1.29 is 24.5 Å². The van der Waals surface area contributed by atoms with E-state index in [0.29, 0.717) is 23.5 Å². The van der Waals surface area contributed by atoms with Gasteiger partial charge in [-0.25, -0.2) is 9.59 Å². The quantitative estimate of drug-likeness (QED) is 0.446. The zero-order valence-corrected chi connectivity index (χ0v) is 16.3. The van der Waals surface area contributed by atoms with E-state index in [0.717, 1.165) is 12.8 Å². The molecule has 2 aromatic rings. The fourth-order valence-electron chi connectivity index (χ4n) is 3.08. The number of ether oxygens (including phenoxy) is 1. The highest BCUT2D eigenvalue weighted by atomic mass is 16.5. The van der Waals surface area contributed by atoms with Crippen molar-refractivity contribution >= 4 is 11.9 Å². The molecular formula is C23H28O5. The van der Waals surface area contributed by atoms with Crippen molar-refractivity contribution in [3.8, 4) is 16.9 Å². The van der Waals surface area contributed by atoms with Gasteiger partial charge in [0, 0.05) is 0 Å². The van der Waals surface area contributed by atoms with Crippen LogP contribution in [0.4, 0.5) is 0 Å². The third kappa shape index (κ3) is 6.41.